The lowest BCUT2D eigenvalue weighted by Gasteiger charge is -2.10. The lowest BCUT2D eigenvalue weighted by Crippen LogP contribution is -2.06. The van der Waals surface area contributed by atoms with Gasteiger partial charge in [0.1, 0.15) is 11.6 Å². The van der Waals surface area contributed by atoms with Crippen LogP contribution in [0.4, 0.5) is 4.39 Å². The van der Waals surface area contributed by atoms with Gasteiger partial charge in [0.2, 0.25) is 0 Å². The molecule has 0 bridgehead atoms. The van der Waals surface area contributed by atoms with Crippen LogP contribution in [0.3, 0.4) is 0 Å². The van der Waals surface area contributed by atoms with Crippen molar-refractivity contribution in [2.45, 2.75) is 33.9 Å². The van der Waals surface area contributed by atoms with Gasteiger partial charge in [-0.3, -0.25) is 0 Å². The summed E-state index contributed by atoms with van der Waals surface area (Å²) in [5, 5.41) is 11.4. The summed E-state index contributed by atoms with van der Waals surface area (Å²) < 4.78 is 24.3. The number of aromatic carboxylic acids is 1. The summed E-state index contributed by atoms with van der Waals surface area (Å²) >= 11 is 0. The smallest absolute Gasteiger partial charge is 0.336 e. The van der Waals surface area contributed by atoms with Gasteiger partial charge in [0.15, 0.2) is 0 Å². The highest BCUT2D eigenvalue weighted by Crippen LogP contribution is 2.36. The molecule has 0 aliphatic carbocycles. The van der Waals surface area contributed by atoms with E-state index < -0.39 is 5.97 Å². The van der Waals surface area contributed by atoms with E-state index in [0.717, 1.165) is 38.8 Å². The number of carbonyl (C=O) groups is 1. The molecule has 0 aliphatic rings. The van der Waals surface area contributed by atoms with Crippen LogP contribution in [0.25, 0.3) is 44.2 Å². The van der Waals surface area contributed by atoms with Crippen LogP contribution in [-0.4, -0.2) is 38.9 Å². The maximum absolute atomic E-state index is 14.9. The number of methoxy groups -OCH3 is 1. The zero-order chi connectivity index (χ0) is 24.1. The number of halogens is 1. The Morgan fingerprint density at radius 2 is 1.82 bits per heavy atom. The molecule has 0 spiro atoms. The summed E-state index contributed by atoms with van der Waals surface area (Å²) in [5.74, 6) is -0.470. The number of aromatic nitrogens is 3. The van der Waals surface area contributed by atoms with E-state index in [9.17, 15) is 14.3 Å². The summed E-state index contributed by atoms with van der Waals surface area (Å²) in [6, 6.07) is 13.1. The monoisotopic (exact) mass is 459 g/mol. The number of aryl methyl sites for hydroxylation is 3. The molecule has 34 heavy (non-hydrogen) atoms. The van der Waals surface area contributed by atoms with Crippen LogP contribution >= 0.6 is 0 Å². The number of carboxylic acid groups (broad SMARTS) is 1. The van der Waals surface area contributed by atoms with E-state index in [1.165, 1.54) is 0 Å². The minimum Gasteiger partial charge on any atom is -0.478 e. The zero-order valence-electron chi connectivity index (χ0n) is 19.6. The van der Waals surface area contributed by atoms with Gasteiger partial charge < -0.3 is 19.0 Å². The molecule has 0 unspecified atom stereocenters. The van der Waals surface area contributed by atoms with Crippen molar-refractivity contribution in [2.75, 3.05) is 13.7 Å². The van der Waals surface area contributed by atoms with Gasteiger partial charge in [-0.2, -0.15) is 0 Å². The van der Waals surface area contributed by atoms with Crippen LogP contribution in [0, 0.1) is 19.7 Å². The molecule has 1 N–H and O–H groups in total. The predicted molar refractivity (Wildman–Crippen MR) is 132 cm³/mol. The standard InChI is InChI=1S/C27H26FN3O3/c1-5-30-22-8-6-17(14-19(22)20-12-15(2)13-21(28)25(20)30)26-29-24-16(3)18(27(32)33)7-9-23(24)31(26)10-11-34-4/h6-9,12-14H,5,10-11H2,1-4H3,(H,32,33). The van der Waals surface area contributed by atoms with Gasteiger partial charge in [-0.05, 0) is 74.4 Å². The molecule has 5 aromatic rings. The Morgan fingerprint density at radius 1 is 1.06 bits per heavy atom. The molecule has 174 valence electrons. The molecule has 2 heterocycles. The zero-order valence-corrected chi connectivity index (χ0v) is 19.6. The van der Waals surface area contributed by atoms with Crippen molar-refractivity contribution in [3.8, 4) is 11.4 Å². The Kier molecular flexibility index (Phi) is 5.37. The number of rotatable bonds is 6. The first kappa shape index (κ1) is 22.1. The minimum atomic E-state index is -0.974. The fraction of sp³-hybridized carbons (Fsp3) is 0.259. The second-order valence-electron chi connectivity index (χ2n) is 8.61. The van der Waals surface area contributed by atoms with E-state index in [1.54, 1.807) is 32.2 Å². The van der Waals surface area contributed by atoms with Crippen molar-refractivity contribution in [1.82, 2.24) is 14.1 Å². The molecule has 5 rings (SSSR count). The molecule has 7 heteroatoms. The van der Waals surface area contributed by atoms with Gasteiger partial charge in [0.05, 0.1) is 28.7 Å². The maximum Gasteiger partial charge on any atom is 0.336 e. The fourth-order valence-electron chi connectivity index (χ4n) is 4.98. The molecule has 0 atom stereocenters. The molecular formula is C27H26FN3O3. The van der Waals surface area contributed by atoms with Gasteiger partial charge in [-0.25, -0.2) is 14.2 Å². The molecule has 0 fully saturated rings. The summed E-state index contributed by atoms with van der Waals surface area (Å²) in [5.41, 5.74) is 5.70. The number of imidazole rings is 1. The molecule has 3 aromatic carbocycles. The lowest BCUT2D eigenvalue weighted by molar-refractivity contribution is 0.0696. The Labute approximate surface area is 196 Å². The normalized spacial score (nSPS) is 11.8. The van der Waals surface area contributed by atoms with E-state index in [1.807, 2.05) is 36.6 Å². The number of nitrogens with zero attached hydrogens (tertiary/aromatic N) is 3. The SMILES string of the molecule is CCn1c2ccc(-c3nc4c(C)c(C(=O)O)ccc4n3CCOC)cc2c2cc(C)cc(F)c21. The quantitative estimate of drug-likeness (QED) is 0.342. The highest BCUT2D eigenvalue weighted by atomic mass is 19.1. The molecule has 0 saturated carbocycles. The first-order valence-electron chi connectivity index (χ1n) is 11.3. The van der Waals surface area contributed by atoms with Crippen LogP contribution in [0.5, 0.6) is 0 Å². The third kappa shape index (κ3) is 3.27. The topological polar surface area (TPSA) is 69.3 Å². The Balaban J connectivity index is 1.81. The third-order valence-corrected chi connectivity index (χ3v) is 6.55. The lowest BCUT2D eigenvalue weighted by atomic mass is 10.1. The third-order valence-electron chi connectivity index (χ3n) is 6.55. The Bertz CT molecular complexity index is 1600. The molecule has 6 nitrogen and oxygen atoms in total. The Hall–Kier alpha value is -3.71. The number of fused-ring (bicyclic) bond motifs is 4. The predicted octanol–water partition coefficient (Wildman–Crippen LogP) is 5.93. The van der Waals surface area contributed by atoms with Crippen molar-refractivity contribution in [2.24, 2.45) is 0 Å². The summed E-state index contributed by atoms with van der Waals surface area (Å²) in [6.07, 6.45) is 0. The van der Waals surface area contributed by atoms with E-state index in [-0.39, 0.29) is 11.4 Å². The molecule has 0 amide bonds. The maximum atomic E-state index is 14.9. The van der Waals surface area contributed by atoms with E-state index in [4.69, 9.17) is 9.72 Å². The second-order valence-corrected chi connectivity index (χ2v) is 8.61. The van der Waals surface area contributed by atoms with Gasteiger partial charge in [-0.15, -0.1) is 0 Å². The first-order valence-corrected chi connectivity index (χ1v) is 11.3. The number of ether oxygens (including phenoxy) is 1. The van der Waals surface area contributed by atoms with Crippen molar-refractivity contribution in [3.05, 3.63) is 65.0 Å². The highest BCUT2D eigenvalue weighted by molar-refractivity contribution is 6.09. The molecule has 0 saturated heterocycles. The summed E-state index contributed by atoms with van der Waals surface area (Å²) in [7, 11) is 1.65. The van der Waals surface area contributed by atoms with Crippen molar-refractivity contribution >= 4 is 38.8 Å². The van der Waals surface area contributed by atoms with Gasteiger partial charge in [0.25, 0.3) is 0 Å². The first-order chi connectivity index (χ1) is 16.3. The molecule has 2 aromatic heterocycles. The average Bonchev–Trinajstić information content (AvgIpc) is 3.33. The van der Waals surface area contributed by atoms with E-state index in [0.29, 0.717) is 36.3 Å². The number of benzene rings is 3. The molecule has 0 radical (unpaired) electrons. The Morgan fingerprint density at radius 3 is 2.53 bits per heavy atom. The van der Waals surface area contributed by atoms with Crippen LogP contribution < -0.4 is 0 Å². The summed E-state index contributed by atoms with van der Waals surface area (Å²) in [4.78, 5) is 16.6. The molecule has 0 aliphatic heterocycles. The number of carboxylic acids is 1. The van der Waals surface area contributed by atoms with Crippen LogP contribution in [0.1, 0.15) is 28.4 Å². The largest absolute Gasteiger partial charge is 0.478 e. The number of hydrogen-bond donors (Lipinski definition) is 1. The van der Waals surface area contributed by atoms with Crippen LogP contribution in [0.2, 0.25) is 0 Å². The van der Waals surface area contributed by atoms with E-state index >= 15 is 0 Å². The fourth-order valence-corrected chi connectivity index (χ4v) is 4.98. The van der Waals surface area contributed by atoms with Crippen molar-refractivity contribution < 1.29 is 19.0 Å². The van der Waals surface area contributed by atoms with Crippen molar-refractivity contribution in [3.63, 3.8) is 0 Å². The minimum absolute atomic E-state index is 0.223. The number of hydrogen-bond acceptors (Lipinski definition) is 3. The van der Waals surface area contributed by atoms with E-state index in [2.05, 4.69) is 10.6 Å². The average molecular weight is 460 g/mol. The van der Waals surface area contributed by atoms with Crippen LogP contribution in [0.15, 0.2) is 42.5 Å². The van der Waals surface area contributed by atoms with Gasteiger partial charge >= 0.3 is 5.97 Å². The summed E-state index contributed by atoms with van der Waals surface area (Å²) in [6.45, 7) is 7.40. The van der Waals surface area contributed by atoms with Gasteiger partial charge in [-0.1, -0.05) is 0 Å². The van der Waals surface area contributed by atoms with Crippen LogP contribution in [-0.2, 0) is 17.8 Å². The highest BCUT2D eigenvalue weighted by Gasteiger charge is 2.20. The van der Waals surface area contributed by atoms with Crippen molar-refractivity contribution in [1.29, 1.82) is 0 Å². The van der Waals surface area contributed by atoms with Gasteiger partial charge in [0, 0.05) is 42.1 Å². The molecular weight excluding hydrogens is 433 g/mol. The second kappa shape index (κ2) is 8.25.